The van der Waals surface area contributed by atoms with E-state index in [-0.39, 0.29) is 24.0 Å². The standard InChI is InChI=1S/C12H15BrN2O4S/c1-19-10-4-2-3-9(12(10)13)15-6-8(5-11(15)16)7-20(14,17)18/h2-4,8H,5-7H2,1H3,(H2,14,17,18). The van der Waals surface area contributed by atoms with Gasteiger partial charge in [0.15, 0.2) is 0 Å². The molecular weight excluding hydrogens is 348 g/mol. The Morgan fingerprint density at radius 2 is 2.20 bits per heavy atom. The van der Waals surface area contributed by atoms with E-state index in [1.165, 1.54) is 0 Å². The summed E-state index contributed by atoms with van der Waals surface area (Å²) in [6.45, 7) is 0.334. The Kier molecular flexibility index (Phi) is 4.36. The molecule has 110 valence electrons. The lowest BCUT2D eigenvalue weighted by molar-refractivity contribution is -0.117. The van der Waals surface area contributed by atoms with Gasteiger partial charge in [-0.3, -0.25) is 4.79 Å². The molecule has 0 bridgehead atoms. The molecule has 1 heterocycles. The first-order valence-corrected chi connectivity index (χ1v) is 8.46. The lowest BCUT2D eigenvalue weighted by atomic mass is 10.1. The van der Waals surface area contributed by atoms with Crippen molar-refractivity contribution in [2.45, 2.75) is 6.42 Å². The lowest BCUT2D eigenvalue weighted by Gasteiger charge is -2.19. The molecule has 8 heteroatoms. The van der Waals surface area contributed by atoms with Crippen molar-refractivity contribution >= 4 is 37.5 Å². The number of nitrogens with two attached hydrogens (primary N) is 1. The highest BCUT2D eigenvalue weighted by atomic mass is 79.9. The second kappa shape index (κ2) is 5.71. The molecule has 6 nitrogen and oxygen atoms in total. The van der Waals surface area contributed by atoms with Gasteiger partial charge in [-0.05, 0) is 28.1 Å². The maximum Gasteiger partial charge on any atom is 0.227 e. The van der Waals surface area contributed by atoms with E-state index in [1.807, 2.05) is 0 Å². The minimum atomic E-state index is -3.57. The third kappa shape index (κ3) is 3.31. The second-order valence-electron chi connectivity index (χ2n) is 4.70. The van der Waals surface area contributed by atoms with Crippen LogP contribution in [-0.4, -0.2) is 33.7 Å². The SMILES string of the molecule is COc1cccc(N2CC(CS(N)(=O)=O)CC2=O)c1Br. The molecule has 1 aromatic carbocycles. The number of primary sulfonamides is 1. The van der Waals surface area contributed by atoms with Crippen LogP contribution in [-0.2, 0) is 14.8 Å². The molecule has 0 aromatic heterocycles. The number of hydrogen-bond donors (Lipinski definition) is 1. The van der Waals surface area contributed by atoms with Crippen LogP contribution < -0.4 is 14.8 Å². The molecule has 1 atom stereocenters. The van der Waals surface area contributed by atoms with Crippen LogP contribution in [0.1, 0.15) is 6.42 Å². The van der Waals surface area contributed by atoms with Crippen molar-refractivity contribution < 1.29 is 17.9 Å². The topological polar surface area (TPSA) is 89.7 Å². The number of rotatable bonds is 4. The fourth-order valence-corrected chi connectivity index (χ4v) is 3.84. The number of amides is 1. The number of ether oxygens (including phenoxy) is 1. The van der Waals surface area contributed by atoms with Crippen molar-refractivity contribution in [3.63, 3.8) is 0 Å². The maximum atomic E-state index is 12.1. The molecule has 0 spiro atoms. The van der Waals surface area contributed by atoms with Crippen LogP contribution in [0.4, 0.5) is 5.69 Å². The number of anilines is 1. The summed E-state index contributed by atoms with van der Waals surface area (Å²) in [7, 11) is -2.03. The molecule has 1 fully saturated rings. The summed E-state index contributed by atoms with van der Waals surface area (Å²) >= 11 is 3.40. The third-order valence-electron chi connectivity index (χ3n) is 3.13. The summed E-state index contributed by atoms with van der Waals surface area (Å²) in [6, 6.07) is 5.33. The van der Waals surface area contributed by atoms with Crippen molar-refractivity contribution in [1.29, 1.82) is 0 Å². The van der Waals surface area contributed by atoms with E-state index in [1.54, 1.807) is 30.2 Å². The van der Waals surface area contributed by atoms with E-state index in [0.29, 0.717) is 22.5 Å². The summed E-state index contributed by atoms with van der Waals surface area (Å²) < 4.78 is 28.1. The third-order valence-corrected chi connectivity index (χ3v) is 4.86. The zero-order valence-electron chi connectivity index (χ0n) is 10.9. The maximum absolute atomic E-state index is 12.1. The van der Waals surface area contributed by atoms with Crippen LogP contribution in [0.3, 0.4) is 0 Å². The average molecular weight is 363 g/mol. The minimum Gasteiger partial charge on any atom is -0.495 e. The van der Waals surface area contributed by atoms with Crippen LogP contribution in [0, 0.1) is 5.92 Å². The van der Waals surface area contributed by atoms with E-state index >= 15 is 0 Å². The Morgan fingerprint density at radius 1 is 1.50 bits per heavy atom. The van der Waals surface area contributed by atoms with Crippen LogP contribution in [0.5, 0.6) is 5.75 Å². The molecule has 2 N–H and O–H groups in total. The van der Waals surface area contributed by atoms with Gasteiger partial charge in [0, 0.05) is 18.9 Å². The molecule has 0 radical (unpaired) electrons. The largest absolute Gasteiger partial charge is 0.495 e. The van der Waals surface area contributed by atoms with E-state index in [0.717, 1.165) is 0 Å². The minimum absolute atomic E-state index is 0.118. The smallest absolute Gasteiger partial charge is 0.227 e. The predicted molar refractivity (Wildman–Crippen MR) is 79.1 cm³/mol. The van der Waals surface area contributed by atoms with Crippen molar-refractivity contribution in [2.24, 2.45) is 11.1 Å². The van der Waals surface area contributed by atoms with E-state index in [4.69, 9.17) is 9.88 Å². The fraction of sp³-hybridized carbons (Fsp3) is 0.417. The van der Waals surface area contributed by atoms with Gasteiger partial charge in [-0.15, -0.1) is 0 Å². The molecule has 20 heavy (non-hydrogen) atoms. The first kappa shape index (κ1) is 15.3. The summed E-state index contributed by atoms with van der Waals surface area (Å²) in [5, 5.41) is 5.03. The number of hydrogen-bond acceptors (Lipinski definition) is 4. The molecule has 1 unspecified atom stereocenters. The number of benzene rings is 1. The number of nitrogens with zero attached hydrogens (tertiary/aromatic N) is 1. The number of sulfonamides is 1. The van der Waals surface area contributed by atoms with Gasteiger partial charge < -0.3 is 9.64 Å². The Balaban J connectivity index is 2.24. The zero-order chi connectivity index (χ0) is 14.9. The normalized spacial score (nSPS) is 19.4. The summed E-state index contributed by atoms with van der Waals surface area (Å²) in [6.07, 6.45) is 0.181. The highest BCUT2D eigenvalue weighted by Gasteiger charge is 2.34. The van der Waals surface area contributed by atoms with Crippen LogP contribution in [0.15, 0.2) is 22.7 Å². The van der Waals surface area contributed by atoms with E-state index in [2.05, 4.69) is 15.9 Å². The quantitative estimate of drug-likeness (QED) is 0.868. The van der Waals surface area contributed by atoms with Crippen LogP contribution in [0.25, 0.3) is 0 Å². The molecule has 1 amide bonds. The summed E-state index contributed by atoms with van der Waals surface area (Å²) in [4.78, 5) is 13.6. The van der Waals surface area contributed by atoms with Gasteiger partial charge in [-0.25, -0.2) is 13.6 Å². The van der Waals surface area contributed by atoms with Crippen molar-refractivity contribution in [1.82, 2.24) is 0 Å². The van der Waals surface area contributed by atoms with Gasteiger partial charge in [-0.1, -0.05) is 6.07 Å². The van der Waals surface area contributed by atoms with E-state index < -0.39 is 10.0 Å². The average Bonchev–Trinajstić information content (AvgIpc) is 2.68. The summed E-state index contributed by atoms with van der Waals surface area (Å²) in [5.41, 5.74) is 0.672. The molecule has 2 rings (SSSR count). The van der Waals surface area contributed by atoms with Crippen LogP contribution in [0.2, 0.25) is 0 Å². The lowest BCUT2D eigenvalue weighted by Crippen LogP contribution is -2.27. The van der Waals surface area contributed by atoms with Gasteiger partial charge in [-0.2, -0.15) is 0 Å². The molecule has 0 saturated carbocycles. The second-order valence-corrected chi connectivity index (χ2v) is 7.15. The highest BCUT2D eigenvalue weighted by Crippen LogP contribution is 2.37. The molecular formula is C12H15BrN2O4S. The number of carbonyl (C=O) groups is 1. The Morgan fingerprint density at radius 3 is 2.80 bits per heavy atom. The van der Waals surface area contributed by atoms with Crippen molar-refractivity contribution in [3.05, 3.63) is 22.7 Å². The molecule has 1 aliphatic heterocycles. The molecule has 1 saturated heterocycles. The Labute approximate surface area is 126 Å². The first-order chi connectivity index (χ1) is 9.31. The summed E-state index contributed by atoms with van der Waals surface area (Å²) in [5.74, 6) is 0.0324. The predicted octanol–water partition coefficient (Wildman–Crippen LogP) is 1.10. The molecule has 0 aliphatic carbocycles. The fourth-order valence-electron chi connectivity index (χ4n) is 2.32. The van der Waals surface area contributed by atoms with Gasteiger partial charge in [0.2, 0.25) is 15.9 Å². The van der Waals surface area contributed by atoms with Gasteiger partial charge in [0.1, 0.15) is 5.75 Å². The monoisotopic (exact) mass is 362 g/mol. The zero-order valence-corrected chi connectivity index (χ0v) is 13.3. The number of carbonyl (C=O) groups excluding carboxylic acids is 1. The first-order valence-electron chi connectivity index (χ1n) is 5.95. The number of methoxy groups -OCH3 is 1. The Bertz CT molecular complexity index is 632. The molecule has 1 aromatic rings. The number of halogens is 1. The van der Waals surface area contributed by atoms with Gasteiger partial charge in [0.05, 0.1) is 23.0 Å². The molecule has 1 aliphatic rings. The van der Waals surface area contributed by atoms with Crippen molar-refractivity contribution in [2.75, 3.05) is 24.3 Å². The van der Waals surface area contributed by atoms with Gasteiger partial charge in [0.25, 0.3) is 0 Å². The van der Waals surface area contributed by atoms with Crippen LogP contribution >= 0.6 is 15.9 Å². The van der Waals surface area contributed by atoms with Crippen molar-refractivity contribution in [3.8, 4) is 5.75 Å². The van der Waals surface area contributed by atoms with Gasteiger partial charge >= 0.3 is 0 Å². The highest BCUT2D eigenvalue weighted by molar-refractivity contribution is 9.10. The van der Waals surface area contributed by atoms with E-state index in [9.17, 15) is 13.2 Å². The Hall–Kier alpha value is -1.12.